The van der Waals surface area contributed by atoms with Crippen LogP contribution in [0.5, 0.6) is 0 Å². The Kier molecular flexibility index (Phi) is 7.67. The average molecular weight is 378 g/mol. The average Bonchev–Trinajstić information content (AvgIpc) is 2.41. The maximum absolute atomic E-state index is 12.5. The number of carboxylic acids is 1. The molecule has 0 aliphatic heterocycles. The molecule has 0 aromatic rings. The Morgan fingerprint density at radius 3 is 2.20 bits per heavy atom. The van der Waals surface area contributed by atoms with E-state index in [-0.39, 0.29) is 31.5 Å². The molecule has 0 atom stereocenters. The molecule has 146 valence electrons. The van der Waals surface area contributed by atoms with Gasteiger partial charge in [-0.15, -0.1) is 0 Å². The number of carbonyl (C=O) groups is 2. The first-order valence-corrected chi connectivity index (χ1v) is 10.4. The number of nitrogens with zero attached hydrogens (tertiary/aromatic N) is 1. The lowest BCUT2D eigenvalue weighted by atomic mass is 9.83. The first kappa shape index (κ1) is 21.7. The first-order valence-electron chi connectivity index (χ1n) is 8.53. The van der Waals surface area contributed by atoms with Crippen molar-refractivity contribution in [2.75, 3.05) is 19.3 Å². The van der Waals surface area contributed by atoms with Crippen LogP contribution in [0.15, 0.2) is 0 Å². The molecule has 9 heteroatoms. The minimum absolute atomic E-state index is 0.0683. The predicted octanol–water partition coefficient (Wildman–Crippen LogP) is 1.81. The Labute approximate surface area is 150 Å². The molecule has 8 nitrogen and oxygen atoms in total. The molecular weight excluding hydrogens is 348 g/mol. The standard InChI is InChI=1S/C16H30N2O6S/c1-16(2,3)24-15(21)18(10-9-17-25(4,22)23)13-7-5-12(6-8-13)11-14(19)20/h12-13,17H,5-11H2,1-4H3,(H,19,20). The van der Waals surface area contributed by atoms with Gasteiger partial charge in [0.1, 0.15) is 5.60 Å². The van der Waals surface area contributed by atoms with Crippen molar-refractivity contribution in [1.29, 1.82) is 0 Å². The van der Waals surface area contributed by atoms with Crippen molar-refractivity contribution in [3.8, 4) is 0 Å². The summed E-state index contributed by atoms with van der Waals surface area (Å²) < 4.78 is 30.3. The fourth-order valence-corrected chi connectivity index (χ4v) is 3.46. The van der Waals surface area contributed by atoms with Crippen molar-refractivity contribution in [2.45, 2.75) is 64.5 Å². The number of amides is 1. The van der Waals surface area contributed by atoms with Crippen molar-refractivity contribution in [3.05, 3.63) is 0 Å². The van der Waals surface area contributed by atoms with Gasteiger partial charge >= 0.3 is 12.1 Å². The molecule has 1 rings (SSSR count). The Balaban J connectivity index is 2.70. The van der Waals surface area contributed by atoms with Gasteiger partial charge in [0.15, 0.2) is 0 Å². The van der Waals surface area contributed by atoms with E-state index in [1.54, 1.807) is 25.7 Å². The summed E-state index contributed by atoms with van der Waals surface area (Å²) in [5.41, 5.74) is -0.639. The zero-order valence-electron chi connectivity index (χ0n) is 15.4. The lowest BCUT2D eigenvalue weighted by Crippen LogP contribution is -2.48. The number of carbonyl (C=O) groups excluding carboxylic acids is 1. The smallest absolute Gasteiger partial charge is 0.410 e. The summed E-state index contributed by atoms with van der Waals surface area (Å²) >= 11 is 0. The van der Waals surface area contributed by atoms with E-state index in [1.165, 1.54) is 0 Å². The van der Waals surface area contributed by atoms with Gasteiger partial charge in [0.2, 0.25) is 10.0 Å². The third-order valence-electron chi connectivity index (χ3n) is 4.07. The Morgan fingerprint density at radius 1 is 1.20 bits per heavy atom. The Hall–Kier alpha value is -1.35. The molecule has 0 bridgehead atoms. The lowest BCUT2D eigenvalue weighted by Gasteiger charge is -2.37. The molecule has 1 saturated carbocycles. The number of nitrogens with one attached hydrogen (secondary N) is 1. The zero-order chi connectivity index (χ0) is 19.3. The van der Waals surface area contributed by atoms with E-state index >= 15 is 0 Å². The molecule has 0 unspecified atom stereocenters. The van der Waals surface area contributed by atoms with E-state index in [4.69, 9.17) is 9.84 Å². The summed E-state index contributed by atoms with van der Waals surface area (Å²) in [4.78, 5) is 24.9. The molecule has 1 aliphatic rings. The second-order valence-electron chi connectivity index (χ2n) is 7.61. The lowest BCUT2D eigenvalue weighted by molar-refractivity contribution is -0.138. The first-order chi connectivity index (χ1) is 11.4. The van der Waals surface area contributed by atoms with Gasteiger partial charge in [-0.05, 0) is 52.4 Å². The second kappa shape index (κ2) is 8.84. The van der Waals surface area contributed by atoms with Crippen LogP contribution in [0, 0.1) is 5.92 Å². The molecule has 0 aromatic carbocycles. The number of hydrogen-bond donors (Lipinski definition) is 2. The summed E-state index contributed by atoms with van der Waals surface area (Å²) in [5, 5.41) is 8.90. The van der Waals surface area contributed by atoms with Gasteiger partial charge in [0, 0.05) is 25.6 Å². The van der Waals surface area contributed by atoms with Crippen LogP contribution in [-0.2, 0) is 19.6 Å². The molecule has 0 heterocycles. The van der Waals surface area contributed by atoms with E-state index < -0.39 is 27.7 Å². The highest BCUT2D eigenvalue weighted by Crippen LogP contribution is 2.30. The number of rotatable bonds is 7. The van der Waals surface area contributed by atoms with Crippen LogP contribution in [0.1, 0.15) is 52.9 Å². The quantitative estimate of drug-likeness (QED) is 0.698. The fraction of sp³-hybridized carbons (Fsp3) is 0.875. The molecule has 0 aromatic heterocycles. The number of hydrogen-bond acceptors (Lipinski definition) is 5. The van der Waals surface area contributed by atoms with Gasteiger partial charge in [-0.3, -0.25) is 4.79 Å². The van der Waals surface area contributed by atoms with Crippen molar-refractivity contribution in [1.82, 2.24) is 9.62 Å². The van der Waals surface area contributed by atoms with Gasteiger partial charge in [0.05, 0.1) is 6.26 Å². The molecule has 1 fully saturated rings. The fourth-order valence-electron chi connectivity index (χ4n) is 3.00. The minimum Gasteiger partial charge on any atom is -0.481 e. The monoisotopic (exact) mass is 378 g/mol. The van der Waals surface area contributed by atoms with Crippen molar-refractivity contribution in [3.63, 3.8) is 0 Å². The third-order valence-corrected chi connectivity index (χ3v) is 4.79. The molecule has 0 spiro atoms. The van der Waals surface area contributed by atoms with Crippen LogP contribution < -0.4 is 4.72 Å². The highest BCUT2D eigenvalue weighted by molar-refractivity contribution is 7.88. The molecule has 2 N–H and O–H groups in total. The minimum atomic E-state index is -3.33. The summed E-state index contributed by atoms with van der Waals surface area (Å²) in [6.45, 7) is 5.67. The van der Waals surface area contributed by atoms with Crippen molar-refractivity contribution >= 4 is 22.1 Å². The van der Waals surface area contributed by atoms with E-state index in [9.17, 15) is 18.0 Å². The molecule has 1 amide bonds. The highest BCUT2D eigenvalue weighted by Gasteiger charge is 2.32. The van der Waals surface area contributed by atoms with Crippen LogP contribution in [-0.4, -0.2) is 61.5 Å². The summed E-state index contributed by atoms with van der Waals surface area (Å²) in [7, 11) is -3.33. The van der Waals surface area contributed by atoms with Crippen LogP contribution in [0.3, 0.4) is 0 Å². The van der Waals surface area contributed by atoms with Crippen LogP contribution in [0.25, 0.3) is 0 Å². The topological polar surface area (TPSA) is 113 Å². The normalized spacial score (nSPS) is 21.6. The van der Waals surface area contributed by atoms with Crippen LogP contribution >= 0.6 is 0 Å². The van der Waals surface area contributed by atoms with E-state index in [1.807, 2.05) is 0 Å². The van der Waals surface area contributed by atoms with Gasteiger partial charge < -0.3 is 14.7 Å². The van der Waals surface area contributed by atoms with E-state index in [0.717, 1.165) is 19.1 Å². The van der Waals surface area contributed by atoms with Gasteiger partial charge in [0.25, 0.3) is 0 Å². The Morgan fingerprint density at radius 2 is 1.76 bits per heavy atom. The number of aliphatic carboxylic acids is 1. The Bertz CT molecular complexity index is 562. The highest BCUT2D eigenvalue weighted by atomic mass is 32.2. The summed E-state index contributed by atoms with van der Waals surface area (Å²) in [5.74, 6) is -0.673. The summed E-state index contributed by atoms with van der Waals surface area (Å²) in [6, 6.07) is -0.0683. The molecule has 1 aliphatic carbocycles. The second-order valence-corrected chi connectivity index (χ2v) is 9.45. The van der Waals surface area contributed by atoms with Gasteiger partial charge in [-0.1, -0.05) is 0 Å². The number of carboxylic acid groups (broad SMARTS) is 1. The van der Waals surface area contributed by atoms with Crippen LogP contribution in [0.2, 0.25) is 0 Å². The van der Waals surface area contributed by atoms with E-state index in [2.05, 4.69) is 4.72 Å². The molecule has 0 radical (unpaired) electrons. The van der Waals surface area contributed by atoms with Crippen molar-refractivity contribution in [2.24, 2.45) is 5.92 Å². The molecule has 25 heavy (non-hydrogen) atoms. The van der Waals surface area contributed by atoms with Crippen molar-refractivity contribution < 1.29 is 27.9 Å². The third kappa shape index (κ3) is 9.06. The van der Waals surface area contributed by atoms with Gasteiger partial charge in [-0.25, -0.2) is 17.9 Å². The van der Waals surface area contributed by atoms with Gasteiger partial charge in [-0.2, -0.15) is 0 Å². The largest absolute Gasteiger partial charge is 0.481 e. The molecule has 0 saturated heterocycles. The van der Waals surface area contributed by atoms with E-state index in [0.29, 0.717) is 12.8 Å². The SMILES string of the molecule is CC(C)(C)OC(=O)N(CCNS(C)(=O)=O)C1CCC(CC(=O)O)CC1. The van der Waals surface area contributed by atoms with Crippen LogP contribution in [0.4, 0.5) is 4.79 Å². The zero-order valence-corrected chi connectivity index (χ0v) is 16.3. The molecular formula is C16H30N2O6S. The number of sulfonamides is 1. The predicted molar refractivity (Wildman–Crippen MR) is 93.8 cm³/mol. The summed E-state index contributed by atoms with van der Waals surface area (Å²) in [6.07, 6.45) is 3.60. The number of ether oxygens (including phenoxy) is 1. The maximum Gasteiger partial charge on any atom is 0.410 e. The maximum atomic E-state index is 12.5.